The Bertz CT molecular complexity index is 598. The maximum atomic E-state index is 12.5. The minimum atomic E-state index is -4.32. The molecule has 8 heteroatoms. The van der Waals surface area contributed by atoms with Crippen LogP contribution < -0.4 is 11.1 Å². The van der Waals surface area contributed by atoms with E-state index in [4.69, 9.17) is 10.5 Å². The van der Waals surface area contributed by atoms with Gasteiger partial charge in [0, 0.05) is 17.4 Å². The predicted octanol–water partition coefficient (Wildman–Crippen LogP) is 3.56. The Hall–Kier alpha value is -2.25. The van der Waals surface area contributed by atoms with Gasteiger partial charge in [-0.05, 0) is 25.5 Å². The van der Waals surface area contributed by atoms with Gasteiger partial charge in [-0.25, -0.2) is 4.79 Å². The van der Waals surface area contributed by atoms with Gasteiger partial charge in [-0.1, -0.05) is 31.5 Å². The summed E-state index contributed by atoms with van der Waals surface area (Å²) in [5.41, 5.74) is 5.37. The van der Waals surface area contributed by atoms with Crippen molar-refractivity contribution in [2.45, 2.75) is 45.9 Å². The first-order valence-electron chi connectivity index (χ1n) is 7.78. The maximum Gasteiger partial charge on any atom is 0.404 e. The number of primary amides is 1. The predicted molar refractivity (Wildman–Crippen MR) is 87.0 cm³/mol. The molecular formula is C17H23F3N2O3. The van der Waals surface area contributed by atoms with Crippen LogP contribution in [0.3, 0.4) is 0 Å². The van der Waals surface area contributed by atoms with Crippen LogP contribution in [0.15, 0.2) is 24.3 Å². The first-order chi connectivity index (χ1) is 11.4. The van der Waals surface area contributed by atoms with Crippen molar-refractivity contribution in [3.63, 3.8) is 0 Å². The van der Waals surface area contributed by atoms with E-state index in [2.05, 4.69) is 5.32 Å². The minimum absolute atomic E-state index is 0.138. The molecule has 0 aliphatic rings. The number of carbonyl (C=O) groups is 2. The Balaban J connectivity index is 2.76. The average molecular weight is 360 g/mol. The lowest BCUT2D eigenvalue weighted by molar-refractivity contribution is -0.143. The number of nitrogens with two attached hydrogens (primary N) is 1. The number of carbonyl (C=O) groups excluding carboxylic acids is 2. The van der Waals surface area contributed by atoms with E-state index in [1.165, 1.54) is 13.8 Å². The third kappa shape index (κ3) is 7.45. The molecule has 140 valence electrons. The molecule has 1 atom stereocenters. The van der Waals surface area contributed by atoms with Crippen LogP contribution in [0, 0.1) is 12.3 Å². The fourth-order valence-corrected chi connectivity index (χ4v) is 2.23. The van der Waals surface area contributed by atoms with Gasteiger partial charge >= 0.3 is 12.3 Å². The molecule has 0 fully saturated rings. The first-order valence-corrected chi connectivity index (χ1v) is 7.78. The summed E-state index contributed by atoms with van der Waals surface area (Å²) in [4.78, 5) is 23.2. The molecule has 1 rings (SSSR count). The van der Waals surface area contributed by atoms with Crippen LogP contribution in [0.4, 0.5) is 18.0 Å². The van der Waals surface area contributed by atoms with E-state index in [0.717, 1.165) is 5.56 Å². The number of halogens is 3. The third-order valence-electron chi connectivity index (χ3n) is 3.94. The van der Waals surface area contributed by atoms with E-state index in [1.807, 2.05) is 6.92 Å². The summed E-state index contributed by atoms with van der Waals surface area (Å²) in [6.07, 6.45) is -7.70. The number of aryl methyl sites for hydroxylation is 1. The summed E-state index contributed by atoms with van der Waals surface area (Å²) in [7, 11) is 0. The van der Waals surface area contributed by atoms with E-state index >= 15 is 0 Å². The normalized spacial score (nSPS) is 13.2. The van der Waals surface area contributed by atoms with Gasteiger partial charge in [0.2, 0.25) is 0 Å². The maximum absolute atomic E-state index is 12.5. The molecule has 0 spiro atoms. The molecule has 2 amide bonds. The van der Waals surface area contributed by atoms with Crippen LogP contribution in [-0.2, 0) is 4.74 Å². The van der Waals surface area contributed by atoms with Crippen LogP contribution >= 0.6 is 0 Å². The summed E-state index contributed by atoms with van der Waals surface area (Å²) in [6.45, 7) is 4.80. The number of rotatable bonds is 7. The van der Waals surface area contributed by atoms with Crippen LogP contribution in [-0.4, -0.2) is 30.8 Å². The highest BCUT2D eigenvalue weighted by Gasteiger charge is 2.37. The lowest BCUT2D eigenvalue weighted by Gasteiger charge is -2.33. The van der Waals surface area contributed by atoms with Gasteiger partial charge in [0.25, 0.3) is 5.91 Å². The Kier molecular flexibility index (Phi) is 6.84. The second-order valence-corrected chi connectivity index (χ2v) is 6.61. The van der Waals surface area contributed by atoms with E-state index in [0.29, 0.717) is 5.56 Å². The summed E-state index contributed by atoms with van der Waals surface area (Å²) in [6, 6.07) is 6.78. The number of hydrogen-bond donors (Lipinski definition) is 2. The highest BCUT2D eigenvalue weighted by atomic mass is 19.4. The first kappa shape index (κ1) is 20.8. The largest absolute Gasteiger partial charge is 0.444 e. The Labute approximate surface area is 144 Å². The molecule has 1 unspecified atom stereocenters. The van der Waals surface area contributed by atoms with Gasteiger partial charge in [-0.2, -0.15) is 13.2 Å². The van der Waals surface area contributed by atoms with Crippen molar-refractivity contribution in [3.05, 3.63) is 35.4 Å². The Morgan fingerprint density at radius 3 is 2.20 bits per heavy atom. The van der Waals surface area contributed by atoms with Gasteiger partial charge < -0.3 is 15.8 Å². The zero-order chi connectivity index (χ0) is 19.3. The second kappa shape index (κ2) is 8.22. The molecule has 25 heavy (non-hydrogen) atoms. The summed E-state index contributed by atoms with van der Waals surface area (Å²) in [5, 5.41) is 2.57. The average Bonchev–Trinajstić information content (AvgIpc) is 2.49. The lowest BCUT2D eigenvalue weighted by atomic mass is 9.81. The van der Waals surface area contributed by atoms with Crippen LogP contribution in [0.25, 0.3) is 0 Å². The number of nitrogens with one attached hydrogen (secondary N) is 1. The fourth-order valence-electron chi connectivity index (χ4n) is 2.23. The minimum Gasteiger partial charge on any atom is -0.444 e. The summed E-state index contributed by atoms with van der Waals surface area (Å²) < 4.78 is 42.4. The zero-order valence-corrected chi connectivity index (χ0v) is 14.4. The SMILES string of the molecule is Cc1ccc(C(=O)NCC(OC(N)=O)C(C)(C)CCC(F)(F)F)cc1. The number of ether oxygens (including phenoxy) is 1. The number of alkyl halides is 3. The molecule has 1 aromatic rings. The molecule has 0 bridgehead atoms. The third-order valence-corrected chi connectivity index (χ3v) is 3.94. The molecule has 1 aromatic carbocycles. The summed E-state index contributed by atoms with van der Waals surface area (Å²) >= 11 is 0. The van der Waals surface area contributed by atoms with Crippen molar-refractivity contribution >= 4 is 12.0 Å². The molecule has 0 saturated carbocycles. The molecular weight excluding hydrogens is 337 g/mol. The van der Waals surface area contributed by atoms with Crippen molar-refractivity contribution in [1.82, 2.24) is 5.32 Å². The molecule has 0 radical (unpaired) electrons. The van der Waals surface area contributed by atoms with E-state index in [9.17, 15) is 22.8 Å². The van der Waals surface area contributed by atoms with Crippen molar-refractivity contribution in [2.24, 2.45) is 11.1 Å². The Morgan fingerprint density at radius 1 is 1.16 bits per heavy atom. The topological polar surface area (TPSA) is 81.4 Å². The molecule has 0 aliphatic carbocycles. The van der Waals surface area contributed by atoms with E-state index in [1.54, 1.807) is 24.3 Å². The quantitative estimate of drug-likeness (QED) is 0.780. The van der Waals surface area contributed by atoms with Gasteiger partial charge in [-0.3, -0.25) is 4.79 Å². The van der Waals surface area contributed by atoms with E-state index < -0.39 is 36.1 Å². The monoisotopic (exact) mass is 360 g/mol. The zero-order valence-electron chi connectivity index (χ0n) is 14.4. The highest BCUT2D eigenvalue weighted by Crippen LogP contribution is 2.34. The van der Waals surface area contributed by atoms with E-state index in [-0.39, 0.29) is 13.0 Å². The fraction of sp³-hybridized carbons (Fsp3) is 0.529. The molecule has 0 saturated heterocycles. The molecule has 3 N–H and O–H groups in total. The molecule has 5 nitrogen and oxygen atoms in total. The van der Waals surface area contributed by atoms with Gasteiger partial charge in [0.15, 0.2) is 0 Å². The van der Waals surface area contributed by atoms with Crippen molar-refractivity contribution in [3.8, 4) is 0 Å². The van der Waals surface area contributed by atoms with Gasteiger partial charge in [0.05, 0.1) is 6.54 Å². The number of amides is 2. The molecule has 0 heterocycles. The molecule has 0 aliphatic heterocycles. The van der Waals surface area contributed by atoms with Crippen molar-refractivity contribution in [1.29, 1.82) is 0 Å². The van der Waals surface area contributed by atoms with Crippen molar-refractivity contribution in [2.75, 3.05) is 6.54 Å². The molecule has 0 aromatic heterocycles. The van der Waals surface area contributed by atoms with Crippen LogP contribution in [0.1, 0.15) is 42.6 Å². The van der Waals surface area contributed by atoms with Crippen molar-refractivity contribution < 1.29 is 27.5 Å². The highest BCUT2D eigenvalue weighted by molar-refractivity contribution is 5.94. The standard InChI is InChI=1S/C17H23F3N2O3/c1-11-4-6-12(7-5-11)14(23)22-10-13(25-15(21)24)16(2,3)8-9-17(18,19)20/h4-7,13H,8-10H2,1-3H3,(H2,21,24)(H,22,23). The van der Waals surface area contributed by atoms with Gasteiger partial charge in [0.1, 0.15) is 6.10 Å². The second-order valence-electron chi connectivity index (χ2n) is 6.61. The number of benzene rings is 1. The van der Waals surface area contributed by atoms with Crippen LogP contribution in [0.2, 0.25) is 0 Å². The van der Waals surface area contributed by atoms with Crippen LogP contribution in [0.5, 0.6) is 0 Å². The smallest absolute Gasteiger partial charge is 0.404 e. The van der Waals surface area contributed by atoms with Gasteiger partial charge in [-0.15, -0.1) is 0 Å². The lowest BCUT2D eigenvalue weighted by Crippen LogP contribution is -2.45. The summed E-state index contributed by atoms with van der Waals surface area (Å²) in [5.74, 6) is -0.412. The Morgan fingerprint density at radius 2 is 1.72 bits per heavy atom. The number of hydrogen-bond acceptors (Lipinski definition) is 3.